The maximum absolute atomic E-state index is 13.1. The molecule has 1 unspecified atom stereocenters. The van der Waals surface area contributed by atoms with Crippen molar-refractivity contribution < 1.29 is 14.4 Å². The van der Waals surface area contributed by atoms with Crippen LogP contribution in [0.2, 0.25) is 0 Å². The molecule has 4 rings (SSSR count). The van der Waals surface area contributed by atoms with Gasteiger partial charge in [0.2, 0.25) is 17.7 Å². The molecule has 150 valence electrons. The van der Waals surface area contributed by atoms with E-state index in [1.54, 1.807) is 0 Å². The number of amides is 3. The Bertz CT molecular complexity index is 749. The number of hydrogen-bond acceptors (Lipinski definition) is 3. The molecule has 6 heteroatoms. The summed E-state index contributed by atoms with van der Waals surface area (Å²) in [6.45, 7) is 1.27. The average molecular weight is 383 g/mol. The van der Waals surface area contributed by atoms with Crippen molar-refractivity contribution in [2.75, 3.05) is 18.4 Å². The Morgan fingerprint density at radius 1 is 1.00 bits per heavy atom. The lowest BCUT2D eigenvalue weighted by molar-refractivity contribution is -0.136. The third-order valence-corrected chi connectivity index (χ3v) is 6.43. The van der Waals surface area contributed by atoms with E-state index in [4.69, 9.17) is 0 Å². The smallest absolute Gasteiger partial charge is 0.230 e. The van der Waals surface area contributed by atoms with Crippen molar-refractivity contribution in [3.8, 4) is 0 Å². The molecular formula is C22H29N3O3. The van der Waals surface area contributed by atoms with Crippen molar-refractivity contribution in [1.29, 1.82) is 0 Å². The van der Waals surface area contributed by atoms with Crippen LogP contribution in [0.25, 0.3) is 0 Å². The zero-order valence-corrected chi connectivity index (χ0v) is 16.3. The molecule has 28 heavy (non-hydrogen) atoms. The van der Waals surface area contributed by atoms with Crippen molar-refractivity contribution in [2.45, 2.75) is 63.3 Å². The quantitative estimate of drug-likeness (QED) is 0.842. The zero-order chi connectivity index (χ0) is 19.5. The number of fused-ring (bicyclic) bond motifs is 1. The monoisotopic (exact) mass is 383 g/mol. The maximum atomic E-state index is 13.1. The highest BCUT2D eigenvalue weighted by Gasteiger charge is 2.35. The number of nitrogens with one attached hydrogen (secondary N) is 2. The van der Waals surface area contributed by atoms with Gasteiger partial charge in [0.05, 0.1) is 5.92 Å². The van der Waals surface area contributed by atoms with Crippen LogP contribution in [-0.4, -0.2) is 41.8 Å². The second-order valence-electron chi connectivity index (χ2n) is 8.34. The molecule has 1 aromatic rings. The molecule has 0 radical (unpaired) electrons. The summed E-state index contributed by atoms with van der Waals surface area (Å²) < 4.78 is 0. The van der Waals surface area contributed by atoms with Crippen molar-refractivity contribution in [2.24, 2.45) is 5.92 Å². The van der Waals surface area contributed by atoms with Gasteiger partial charge < -0.3 is 15.5 Å². The van der Waals surface area contributed by atoms with E-state index in [-0.39, 0.29) is 36.1 Å². The number of carbonyl (C=O) groups is 3. The summed E-state index contributed by atoms with van der Waals surface area (Å²) in [6, 6.07) is 7.70. The van der Waals surface area contributed by atoms with Crippen LogP contribution in [0.15, 0.2) is 24.3 Å². The highest BCUT2D eigenvalue weighted by molar-refractivity contribution is 6.01. The van der Waals surface area contributed by atoms with Crippen molar-refractivity contribution in [1.82, 2.24) is 10.2 Å². The molecule has 0 spiro atoms. The van der Waals surface area contributed by atoms with Gasteiger partial charge in [0.15, 0.2) is 0 Å². The van der Waals surface area contributed by atoms with Crippen LogP contribution in [0.3, 0.4) is 0 Å². The predicted octanol–water partition coefficient (Wildman–Crippen LogP) is 2.80. The first kappa shape index (κ1) is 19.0. The molecule has 3 amide bonds. The zero-order valence-electron chi connectivity index (χ0n) is 16.3. The first-order valence-corrected chi connectivity index (χ1v) is 10.6. The molecule has 0 aromatic heterocycles. The van der Waals surface area contributed by atoms with Gasteiger partial charge in [-0.1, -0.05) is 37.5 Å². The molecule has 1 aromatic carbocycles. The molecule has 0 bridgehead atoms. The van der Waals surface area contributed by atoms with Crippen LogP contribution in [0.5, 0.6) is 0 Å². The summed E-state index contributed by atoms with van der Waals surface area (Å²) in [7, 11) is 0. The van der Waals surface area contributed by atoms with Crippen molar-refractivity contribution in [3.05, 3.63) is 29.8 Å². The van der Waals surface area contributed by atoms with Gasteiger partial charge in [-0.2, -0.15) is 0 Å². The normalized spacial score (nSPS) is 23.6. The van der Waals surface area contributed by atoms with E-state index in [9.17, 15) is 14.4 Å². The highest BCUT2D eigenvalue weighted by Crippen LogP contribution is 2.34. The maximum Gasteiger partial charge on any atom is 0.230 e. The van der Waals surface area contributed by atoms with Gasteiger partial charge in [-0.25, -0.2) is 0 Å². The Labute approximate surface area is 166 Å². The molecule has 6 nitrogen and oxygen atoms in total. The predicted molar refractivity (Wildman–Crippen MR) is 107 cm³/mol. The lowest BCUT2D eigenvalue weighted by Crippen LogP contribution is -2.49. The molecule has 2 heterocycles. The number of carbonyl (C=O) groups excluding carboxylic acids is 3. The van der Waals surface area contributed by atoms with Crippen LogP contribution >= 0.6 is 0 Å². The van der Waals surface area contributed by atoms with Crippen LogP contribution in [-0.2, 0) is 14.4 Å². The minimum atomic E-state index is -0.404. The topological polar surface area (TPSA) is 78.5 Å². The van der Waals surface area contributed by atoms with Crippen molar-refractivity contribution in [3.63, 3.8) is 0 Å². The van der Waals surface area contributed by atoms with Crippen LogP contribution in [0.4, 0.5) is 5.69 Å². The average Bonchev–Trinajstić information content (AvgIpc) is 2.73. The van der Waals surface area contributed by atoms with Gasteiger partial charge in [0, 0.05) is 37.2 Å². The van der Waals surface area contributed by atoms with E-state index in [1.807, 2.05) is 29.2 Å². The molecule has 3 aliphatic rings. The van der Waals surface area contributed by atoms with Gasteiger partial charge in [-0.3, -0.25) is 14.4 Å². The standard InChI is InChI=1S/C22H29N3O3/c26-20-14-18(17-8-4-5-9-19(17)24-20)22(28)25-12-10-16(11-13-25)23-21(27)15-6-2-1-3-7-15/h4-5,8-9,15-16,18H,1-3,6-7,10-14H2,(H,23,27)(H,24,26). The number of anilines is 1. The lowest BCUT2D eigenvalue weighted by atomic mass is 9.87. The summed E-state index contributed by atoms with van der Waals surface area (Å²) in [5, 5.41) is 6.06. The Balaban J connectivity index is 1.33. The molecule has 1 atom stereocenters. The lowest BCUT2D eigenvalue weighted by Gasteiger charge is -2.36. The van der Waals surface area contributed by atoms with Crippen LogP contribution in [0.1, 0.15) is 62.8 Å². The molecule has 2 aliphatic heterocycles. The van der Waals surface area contributed by atoms with Gasteiger partial charge in [-0.05, 0) is 37.3 Å². The number of para-hydroxylation sites is 1. The van der Waals surface area contributed by atoms with E-state index in [0.29, 0.717) is 13.1 Å². The minimum Gasteiger partial charge on any atom is -0.353 e. The van der Waals surface area contributed by atoms with E-state index in [1.165, 1.54) is 6.42 Å². The summed E-state index contributed by atoms with van der Waals surface area (Å²) in [5.74, 6) is -0.114. The first-order chi connectivity index (χ1) is 13.6. The van der Waals surface area contributed by atoms with Gasteiger partial charge >= 0.3 is 0 Å². The Morgan fingerprint density at radius 2 is 1.71 bits per heavy atom. The third kappa shape index (κ3) is 4.05. The summed E-state index contributed by atoms with van der Waals surface area (Å²) >= 11 is 0. The molecule has 1 saturated carbocycles. The molecule has 1 saturated heterocycles. The highest BCUT2D eigenvalue weighted by atomic mass is 16.2. The van der Waals surface area contributed by atoms with Gasteiger partial charge in [-0.15, -0.1) is 0 Å². The second-order valence-corrected chi connectivity index (χ2v) is 8.34. The molecule has 2 N–H and O–H groups in total. The molecule has 2 fully saturated rings. The summed E-state index contributed by atoms with van der Waals surface area (Å²) in [6.07, 6.45) is 7.33. The third-order valence-electron chi connectivity index (χ3n) is 6.43. The summed E-state index contributed by atoms with van der Waals surface area (Å²) in [5.41, 5.74) is 1.64. The second kappa shape index (κ2) is 8.33. The Kier molecular flexibility index (Phi) is 5.64. The van der Waals surface area contributed by atoms with Crippen LogP contribution in [0, 0.1) is 5.92 Å². The first-order valence-electron chi connectivity index (χ1n) is 10.6. The minimum absolute atomic E-state index is 0.0272. The van der Waals surface area contributed by atoms with Gasteiger partial charge in [0.25, 0.3) is 0 Å². The number of nitrogens with zero attached hydrogens (tertiary/aromatic N) is 1. The number of likely N-dealkylation sites (tertiary alicyclic amines) is 1. The fourth-order valence-electron chi connectivity index (χ4n) is 4.78. The number of piperidine rings is 1. The Hall–Kier alpha value is -2.37. The number of benzene rings is 1. The van der Waals surface area contributed by atoms with E-state index >= 15 is 0 Å². The number of hydrogen-bond donors (Lipinski definition) is 2. The molecular weight excluding hydrogens is 354 g/mol. The Morgan fingerprint density at radius 3 is 2.46 bits per heavy atom. The van der Waals surface area contributed by atoms with E-state index in [0.717, 1.165) is 49.8 Å². The number of rotatable bonds is 3. The van der Waals surface area contributed by atoms with Gasteiger partial charge in [0.1, 0.15) is 0 Å². The summed E-state index contributed by atoms with van der Waals surface area (Å²) in [4.78, 5) is 39.4. The van der Waals surface area contributed by atoms with Crippen molar-refractivity contribution >= 4 is 23.4 Å². The fourth-order valence-corrected chi connectivity index (χ4v) is 4.78. The van der Waals surface area contributed by atoms with E-state index < -0.39 is 5.92 Å². The van der Waals surface area contributed by atoms with E-state index in [2.05, 4.69) is 10.6 Å². The molecule has 1 aliphatic carbocycles. The van der Waals surface area contributed by atoms with Crippen LogP contribution < -0.4 is 10.6 Å². The largest absolute Gasteiger partial charge is 0.353 e. The fraction of sp³-hybridized carbons (Fsp3) is 0.591. The SMILES string of the molecule is O=C1CC(C(=O)N2CCC(NC(=O)C3CCCCC3)CC2)c2ccccc2N1.